The molecule has 0 aliphatic heterocycles. The second kappa shape index (κ2) is 15.9. The number of aryl methyl sites for hydroxylation is 2. The summed E-state index contributed by atoms with van der Waals surface area (Å²) in [5, 5.41) is 5.62. The highest BCUT2D eigenvalue weighted by atomic mass is 16.6. The number of hydrogen-bond acceptors (Lipinski definition) is 4. The molecule has 1 unspecified atom stereocenters. The molecule has 1 atom stereocenters. The fraction of sp³-hybridized carbons (Fsp3) is 0.531. The van der Waals surface area contributed by atoms with Crippen molar-refractivity contribution in [3.05, 3.63) is 70.8 Å². The third kappa shape index (κ3) is 11.5. The molecule has 0 radical (unpaired) electrons. The molecule has 0 saturated carbocycles. The minimum Gasteiger partial charge on any atom is -0.444 e. The summed E-state index contributed by atoms with van der Waals surface area (Å²) in [5.74, 6) is -0.573. The first-order valence-electron chi connectivity index (χ1n) is 14.2. The number of nitrogens with zero attached hydrogens (tertiary/aromatic N) is 1. The van der Waals surface area contributed by atoms with Crippen LogP contribution >= 0.6 is 0 Å². The maximum atomic E-state index is 13.8. The second-order valence-electron chi connectivity index (χ2n) is 11.2. The van der Waals surface area contributed by atoms with Crippen LogP contribution < -0.4 is 10.6 Å². The third-order valence-electron chi connectivity index (χ3n) is 6.45. The summed E-state index contributed by atoms with van der Waals surface area (Å²) < 4.78 is 5.32. The lowest BCUT2D eigenvalue weighted by Gasteiger charge is -2.33. The summed E-state index contributed by atoms with van der Waals surface area (Å²) in [6.07, 6.45) is 5.67. The van der Waals surface area contributed by atoms with Crippen molar-refractivity contribution in [1.82, 2.24) is 15.5 Å². The molecule has 39 heavy (non-hydrogen) atoms. The van der Waals surface area contributed by atoms with Crippen LogP contribution in [0.4, 0.5) is 4.79 Å². The number of carbonyl (C=O) groups is 3. The van der Waals surface area contributed by atoms with Gasteiger partial charge in [-0.15, -0.1) is 0 Å². The number of nitrogens with one attached hydrogen (secondary N) is 2. The first kappa shape index (κ1) is 31.9. The highest BCUT2D eigenvalue weighted by molar-refractivity contribution is 5.90. The van der Waals surface area contributed by atoms with Gasteiger partial charge in [0.15, 0.2) is 0 Å². The first-order valence-corrected chi connectivity index (χ1v) is 14.2. The van der Waals surface area contributed by atoms with E-state index < -0.39 is 17.7 Å². The molecule has 0 aliphatic carbocycles. The van der Waals surface area contributed by atoms with Crippen LogP contribution in [0.15, 0.2) is 48.5 Å². The van der Waals surface area contributed by atoms with Crippen molar-refractivity contribution < 1.29 is 19.1 Å². The Bertz CT molecular complexity index is 1060. The predicted octanol–water partition coefficient (Wildman–Crippen LogP) is 6.37. The van der Waals surface area contributed by atoms with Gasteiger partial charge in [0.05, 0.1) is 0 Å². The van der Waals surface area contributed by atoms with Crippen molar-refractivity contribution in [1.29, 1.82) is 0 Å². The Kier molecular flexibility index (Phi) is 13.0. The lowest BCUT2D eigenvalue weighted by molar-refractivity contribution is -0.140. The van der Waals surface area contributed by atoms with Crippen LogP contribution in [0.25, 0.3) is 0 Å². The second-order valence-corrected chi connectivity index (χ2v) is 11.2. The van der Waals surface area contributed by atoms with Crippen LogP contribution in [0.5, 0.6) is 0 Å². The van der Waals surface area contributed by atoms with Crippen LogP contribution in [-0.4, -0.2) is 41.5 Å². The molecule has 2 aromatic rings. The van der Waals surface area contributed by atoms with E-state index in [1.54, 1.807) is 25.7 Å². The summed E-state index contributed by atoms with van der Waals surface area (Å²) >= 11 is 0. The molecule has 0 aromatic heterocycles. The van der Waals surface area contributed by atoms with Crippen molar-refractivity contribution >= 4 is 17.9 Å². The lowest BCUT2D eigenvalue weighted by atomic mass is 9.96. The van der Waals surface area contributed by atoms with Crippen molar-refractivity contribution in [2.45, 2.75) is 98.3 Å². The van der Waals surface area contributed by atoms with Crippen molar-refractivity contribution in [3.8, 4) is 0 Å². The lowest BCUT2D eigenvalue weighted by Crippen LogP contribution is -2.48. The minimum absolute atomic E-state index is 0.248. The first-order chi connectivity index (χ1) is 18.5. The molecule has 0 spiro atoms. The van der Waals surface area contributed by atoms with Crippen molar-refractivity contribution in [2.24, 2.45) is 0 Å². The Hall–Kier alpha value is -3.35. The van der Waals surface area contributed by atoms with E-state index in [0.29, 0.717) is 13.1 Å². The van der Waals surface area contributed by atoms with Gasteiger partial charge >= 0.3 is 6.09 Å². The Morgan fingerprint density at radius 3 is 2.21 bits per heavy atom. The molecule has 0 fully saturated rings. The van der Waals surface area contributed by atoms with E-state index in [0.717, 1.165) is 54.4 Å². The zero-order valence-corrected chi connectivity index (χ0v) is 24.6. The fourth-order valence-electron chi connectivity index (χ4n) is 4.49. The van der Waals surface area contributed by atoms with Crippen LogP contribution in [0.3, 0.4) is 0 Å². The molecule has 0 saturated heterocycles. The highest BCUT2D eigenvalue weighted by Crippen LogP contribution is 2.27. The van der Waals surface area contributed by atoms with Gasteiger partial charge in [-0.3, -0.25) is 9.59 Å². The molecule has 7 heteroatoms. The van der Waals surface area contributed by atoms with E-state index in [2.05, 4.69) is 17.6 Å². The topological polar surface area (TPSA) is 87.7 Å². The monoisotopic (exact) mass is 537 g/mol. The third-order valence-corrected chi connectivity index (χ3v) is 6.45. The number of rotatable bonds is 14. The van der Waals surface area contributed by atoms with Crippen LogP contribution in [0.1, 0.15) is 94.5 Å². The molecule has 0 aliphatic rings. The largest absolute Gasteiger partial charge is 0.444 e. The normalized spacial score (nSPS) is 11.9. The number of ether oxygens (including phenoxy) is 1. The van der Waals surface area contributed by atoms with E-state index in [1.807, 2.05) is 62.4 Å². The van der Waals surface area contributed by atoms with Gasteiger partial charge in [-0.25, -0.2) is 4.79 Å². The van der Waals surface area contributed by atoms with Crippen molar-refractivity contribution in [2.75, 3.05) is 13.1 Å². The van der Waals surface area contributed by atoms with Crippen molar-refractivity contribution in [3.63, 3.8) is 0 Å². The smallest absolute Gasteiger partial charge is 0.408 e. The van der Waals surface area contributed by atoms with Gasteiger partial charge in [0, 0.05) is 13.1 Å². The standard InChI is InChI=1S/C32H47N3O4/c1-7-8-9-10-11-15-20-35(28(36)23-34-31(38)39-32(4,5)6)29(27-19-18-24(2)21-25(27)3)30(37)33-22-26-16-13-12-14-17-26/h12-14,16-19,21,29H,7-11,15,20,22-23H2,1-6H3,(H,33,37)(H,34,38). The Morgan fingerprint density at radius 1 is 0.897 bits per heavy atom. The molecule has 0 bridgehead atoms. The average Bonchev–Trinajstić information content (AvgIpc) is 2.87. The van der Waals surface area contributed by atoms with E-state index in [9.17, 15) is 14.4 Å². The zero-order chi connectivity index (χ0) is 28.8. The summed E-state index contributed by atoms with van der Waals surface area (Å²) in [5.41, 5.74) is 3.11. The van der Waals surface area contributed by atoms with Crippen LogP contribution in [0.2, 0.25) is 0 Å². The maximum Gasteiger partial charge on any atom is 0.408 e. The van der Waals surface area contributed by atoms with E-state index in [1.165, 1.54) is 6.42 Å². The molecule has 2 aromatic carbocycles. The van der Waals surface area contributed by atoms with E-state index in [-0.39, 0.29) is 18.4 Å². The molecule has 214 valence electrons. The van der Waals surface area contributed by atoms with Gasteiger partial charge < -0.3 is 20.3 Å². The van der Waals surface area contributed by atoms with Gasteiger partial charge in [0.1, 0.15) is 18.2 Å². The van der Waals surface area contributed by atoms with Gasteiger partial charge in [-0.2, -0.15) is 0 Å². The Balaban J connectivity index is 2.31. The van der Waals surface area contributed by atoms with Gasteiger partial charge in [-0.1, -0.05) is 93.1 Å². The zero-order valence-electron chi connectivity index (χ0n) is 24.6. The van der Waals surface area contributed by atoms with Crippen LogP contribution in [-0.2, 0) is 20.9 Å². The molecular weight excluding hydrogens is 490 g/mol. The number of amides is 3. The SMILES string of the molecule is CCCCCCCCN(C(=O)CNC(=O)OC(C)(C)C)C(C(=O)NCc1ccccc1)c1ccc(C)cc1C. The Morgan fingerprint density at radius 2 is 1.56 bits per heavy atom. The van der Waals surface area contributed by atoms with E-state index in [4.69, 9.17) is 4.74 Å². The van der Waals surface area contributed by atoms with Crippen LogP contribution in [0, 0.1) is 13.8 Å². The number of benzene rings is 2. The molecule has 0 heterocycles. The minimum atomic E-state index is -0.821. The summed E-state index contributed by atoms with van der Waals surface area (Å²) in [6, 6.07) is 14.8. The predicted molar refractivity (Wildman–Crippen MR) is 156 cm³/mol. The quantitative estimate of drug-likeness (QED) is 0.274. The number of alkyl carbamates (subject to hydrolysis) is 1. The molecule has 3 amide bonds. The molecule has 7 nitrogen and oxygen atoms in total. The maximum absolute atomic E-state index is 13.8. The summed E-state index contributed by atoms with van der Waals surface area (Å²) in [4.78, 5) is 41.3. The van der Waals surface area contributed by atoms with Gasteiger partial charge in [-0.05, 0) is 57.7 Å². The highest BCUT2D eigenvalue weighted by Gasteiger charge is 2.32. The van der Waals surface area contributed by atoms with Gasteiger partial charge in [0.25, 0.3) is 0 Å². The average molecular weight is 538 g/mol. The van der Waals surface area contributed by atoms with Gasteiger partial charge in [0.2, 0.25) is 11.8 Å². The summed E-state index contributed by atoms with van der Waals surface area (Å²) in [7, 11) is 0. The Labute approximate surface area is 234 Å². The number of unbranched alkanes of at least 4 members (excludes halogenated alkanes) is 5. The molecule has 2 rings (SSSR count). The van der Waals surface area contributed by atoms with E-state index >= 15 is 0 Å². The molecule has 2 N–H and O–H groups in total. The number of carbonyl (C=O) groups excluding carboxylic acids is 3. The fourth-order valence-corrected chi connectivity index (χ4v) is 4.49. The number of hydrogen-bond donors (Lipinski definition) is 2. The summed E-state index contributed by atoms with van der Waals surface area (Å²) in [6.45, 7) is 12.0. The molecular formula is C32H47N3O4.